The second-order valence-electron chi connectivity index (χ2n) is 2.92. The van der Waals surface area contributed by atoms with E-state index in [1.807, 2.05) is 6.92 Å². The summed E-state index contributed by atoms with van der Waals surface area (Å²) < 4.78 is 0. The molecule has 0 aliphatic heterocycles. The fourth-order valence-corrected chi connectivity index (χ4v) is 1.43. The zero-order valence-electron chi connectivity index (χ0n) is 6.66. The molecule has 0 saturated carbocycles. The second-order valence-corrected chi connectivity index (χ2v) is 2.92. The van der Waals surface area contributed by atoms with Crippen LogP contribution in [0.15, 0.2) is 24.3 Å². The van der Waals surface area contributed by atoms with Gasteiger partial charge in [-0.1, -0.05) is 0 Å². The standard InChI is InChI=1S/C10H8O2/c1-6-4-10(12)8-3-2-7(11)5-9(6)8/h2-5,11H,1H3. The number of fused-ring (bicyclic) bond motifs is 1. The lowest BCUT2D eigenvalue weighted by Gasteiger charge is -1.99. The van der Waals surface area contributed by atoms with Gasteiger partial charge in [0.15, 0.2) is 5.78 Å². The molecule has 2 rings (SSSR count). The third kappa shape index (κ3) is 0.848. The van der Waals surface area contributed by atoms with Gasteiger partial charge in [-0.05, 0) is 42.3 Å². The maximum absolute atomic E-state index is 11.2. The topological polar surface area (TPSA) is 37.3 Å². The van der Waals surface area contributed by atoms with Crippen LogP contribution in [-0.2, 0) is 0 Å². The smallest absolute Gasteiger partial charge is 0.186 e. The van der Waals surface area contributed by atoms with Gasteiger partial charge in [0.25, 0.3) is 0 Å². The van der Waals surface area contributed by atoms with Crippen molar-refractivity contribution in [3.05, 3.63) is 35.4 Å². The van der Waals surface area contributed by atoms with Crippen LogP contribution in [0, 0.1) is 0 Å². The average molecular weight is 160 g/mol. The molecule has 0 amide bonds. The van der Waals surface area contributed by atoms with E-state index in [2.05, 4.69) is 0 Å². The van der Waals surface area contributed by atoms with Gasteiger partial charge in [-0.2, -0.15) is 0 Å². The maximum atomic E-state index is 11.2. The number of carbonyl (C=O) groups excluding carboxylic acids is 1. The van der Waals surface area contributed by atoms with Gasteiger partial charge in [-0.3, -0.25) is 4.79 Å². The first-order valence-corrected chi connectivity index (χ1v) is 3.74. The molecule has 0 radical (unpaired) electrons. The van der Waals surface area contributed by atoms with Crippen molar-refractivity contribution >= 4 is 11.4 Å². The van der Waals surface area contributed by atoms with E-state index in [4.69, 9.17) is 5.11 Å². The molecular weight excluding hydrogens is 152 g/mol. The highest BCUT2D eigenvalue weighted by molar-refractivity contribution is 6.16. The van der Waals surface area contributed by atoms with Crippen LogP contribution in [0.3, 0.4) is 0 Å². The quantitative estimate of drug-likeness (QED) is 0.630. The number of aromatic hydroxyl groups is 1. The van der Waals surface area contributed by atoms with Crippen LogP contribution in [0.1, 0.15) is 22.8 Å². The van der Waals surface area contributed by atoms with E-state index in [-0.39, 0.29) is 11.5 Å². The summed E-state index contributed by atoms with van der Waals surface area (Å²) in [4.78, 5) is 11.2. The Bertz CT molecular complexity index is 389. The summed E-state index contributed by atoms with van der Waals surface area (Å²) in [5.74, 6) is 0.235. The van der Waals surface area contributed by atoms with Crippen molar-refractivity contribution in [2.45, 2.75) is 6.92 Å². The first-order valence-electron chi connectivity index (χ1n) is 3.74. The summed E-state index contributed by atoms with van der Waals surface area (Å²) in [5.41, 5.74) is 2.45. The van der Waals surface area contributed by atoms with Crippen LogP contribution < -0.4 is 0 Å². The van der Waals surface area contributed by atoms with Gasteiger partial charge in [0.1, 0.15) is 5.75 Å². The molecule has 0 unspecified atom stereocenters. The van der Waals surface area contributed by atoms with Crippen molar-refractivity contribution in [1.82, 2.24) is 0 Å². The summed E-state index contributed by atoms with van der Waals surface area (Å²) >= 11 is 0. The molecule has 1 aliphatic carbocycles. The predicted octanol–water partition coefficient (Wildman–Crippen LogP) is 1.99. The van der Waals surface area contributed by atoms with E-state index in [0.717, 1.165) is 11.1 Å². The minimum absolute atomic E-state index is 0.0301. The highest BCUT2D eigenvalue weighted by Gasteiger charge is 2.17. The highest BCUT2D eigenvalue weighted by atomic mass is 16.3. The first-order chi connectivity index (χ1) is 5.68. The molecule has 12 heavy (non-hydrogen) atoms. The van der Waals surface area contributed by atoms with Gasteiger partial charge in [-0.15, -0.1) is 0 Å². The van der Waals surface area contributed by atoms with E-state index in [0.29, 0.717) is 5.56 Å². The molecule has 1 aromatic rings. The molecule has 2 heteroatoms. The van der Waals surface area contributed by atoms with E-state index >= 15 is 0 Å². The Labute approximate surface area is 70.2 Å². The van der Waals surface area contributed by atoms with Crippen LogP contribution in [0.25, 0.3) is 5.57 Å². The Hall–Kier alpha value is -1.57. The number of hydrogen-bond donors (Lipinski definition) is 1. The van der Waals surface area contributed by atoms with Crippen LogP contribution in [0.2, 0.25) is 0 Å². The summed E-state index contributed by atoms with van der Waals surface area (Å²) in [6.07, 6.45) is 1.59. The summed E-state index contributed by atoms with van der Waals surface area (Å²) in [5, 5.41) is 9.16. The van der Waals surface area contributed by atoms with Crippen LogP contribution in [-0.4, -0.2) is 10.9 Å². The SMILES string of the molecule is CC1=CC(=O)c2ccc(O)cc21. The molecule has 0 fully saturated rings. The van der Waals surface area contributed by atoms with E-state index in [1.54, 1.807) is 18.2 Å². The molecular formula is C10H8O2. The zero-order chi connectivity index (χ0) is 8.72. The van der Waals surface area contributed by atoms with Crippen molar-refractivity contribution in [3.8, 4) is 5.75 Å². The first kappa shape index (κ1) is 7.10. The molecule has 1 aliphatic rings. The predicted molar refractivity (Wildman–Crippen MR) is 46.1 cm³/mol. The van der Waals surface area contributed by atoms with Gasteiger partial charge in [0, 0.05) is 5.56 Å². The third-order valence-corrected chi connectivity index (χ3v) is 2.04. The van der Waals surface area contributed by atoms with Gasteiger partial charge in [0.2, 0.25) is 0 Å². The molecule has 0 spiro atoms. The van der Waals surface area contributed by atoms with Crippen molar-refractivity contribution in [2.24, 2.45) is 0 Å². The van der Waals surface area contributed by atoms with Gasteiger partial charge in [-0.25, -0.2) is 0 Å². The second kappa shape index (κ2) is 2.21. The van der Waals surface area contributed by atoms with E-state index in [1.165, 1.54) is 6.07 Å². The zero-order valence-corrected chi connectivity index (χ0v) is 6.66. The Morgan fingerprint density at radius 1 is 1.25 bits per heavy atom. The average Bonchev–Trinajstić information content (AvgIpc) is 2.28. The molecule has 60 valence electrons. The fourth-order valence-electron chi connectivity index (χ4n) is 1.43. The van der Waals surface area contributed by atoms with E-state index < -0.39 is 0 Å². The van der Waals surface area contributed by atoms with Crippen molar-refractivity contribution < 1.29 is 9.90 Å². The van der Waals surface area contributed by atoms with Crippen LogP contribution >= 0.6 is 0 Å². The Morgan fingerprint density at radius 3 is 2.75 bits per heavy atom. The Kier molecular flexibility index (Phi) is 1.30. The number of phenolic OH excluding ortho intramolecular Hbond substituents is 1. The number of carbonyl (C=O) groups is 1. The fraction of sp³-hybridized carbons (Fsp3) is 0.100. The van der Waals surface area contributed by atoms with Gasteiger partial charge in [0.05, 0.1) is 0 Å². The number of hydrogen-bond acceptors (Lipinski definition) is 2. The molecule has 0 atom stereocenters. The van der Waals surface area contributed by atoms with E-state index in [9.17, 15) is 4.79 Å². The number of benzene rings is 1. The number of phenols is 1. The lowest BCUT2D eigenvalue weighted by atomic mass is 10.1. The minimum Gasteiger partial charge on any atom is -0.508 e. The number of allylic oxidation sites excluding steroid dienone is 2. The van der Waals surface area contributed by atoms with Crippen molar-refractivity contribution in [2.75, 3.05) is 0 Å². The third-order valence-electron chi connectivity index (χ3n) is 2.04. The lowest BCUT2D eigenvalue weighted by molar-refractivity contribution is 0.105. The van der Waals surface area contributed by atoms with Gasteiger partial charge < -0.3 is 5.11 Å². The minimum atomic E-state index is 0.0301. The molecule has 1 aromatic carbocycles. The van der Waals surface area contributed by atoms with Crippen molar-refractivity contribution in [1.29, 1.82) is 0 Å². The monoisotopic (exact) mass is 160 g/mol. The molecule has 2 nitrogen and oxygen atoms in total. The Balaban J connectivity index is 2.69. The Morgan fingerprint density at radius 2 is 2.00 bits per heavy atom. The normalized spacial score (nSPS) is 14.4. The highest BCUT2D eigenvalue weighted by Crippen LogP contribution is 2.29. The molecule has 0 saturated heterocycles. The molecule has 0 heterocycles. The largest absolute Gasteiger partial charge is 0.508 e. The summed E-state index contributed by atoms with van der Waals surface area (Å²) in [6.45, 7) is 1.86. The maximum Gasteiger partial charge on any atom is 0.186 e. The van der Waals surface area contributed by atoms with Gasteiger partial charge >= 0.3 is 0 Å². The summed E-state index contributed by atoms with van der Waals surface area (Å²) in [6, 6.07) is 4.80. The number of ketones is 1. The van der Waals surface area contributed by atoms with Crippen LogP contribution in [0.4, 0.5) is 0 Å². The molecule has 0 bridgehead atoms. The van der Waals surface area contributed by atoms with Crippen molar-refractivity contribution in [3.63, 3.8) is 0 Å². The van der Waals surface area contributed by atoms with Crippen LogP contribution in [0.5, 0.6) is 5.75 Å². The number of rotatable bonds is 0. The summed E-state index contributed by atoms with van der Waals surface area (Å²) in [7, 11) is 0. The lowest BCUT2D eigenvalue weighted by Crippen LogP contribution is -1.89. The molecule has 0 aromatic heterocycles. The molecule has 1 N–H and O–H groups in total.